The number of fused-ring (bicyclic) bond motifs is 6. The van der Waals surface area contributed by atoms with Crippen LogP contribution >= 0.6 is 37.9 Å². The van der Waals surface area contributed by atoms with Crippen LogP contribution in [0.5, 0.6) is 0 Å². The zero-order valence-corrected chi connectivity index (χ0v) is 15.2. The SMILES string of the molecule is Nc1cc2c(cc1S)c1cc(N)c(S)cc1c1cc(N)c(S)cc21. The molecule has 0 saturated carbocycles. The van der Waals surface area contributed by atoms with Crippen LogP contribution in [-0.4, -0.2) is 0 Å². The Bertz CT molecular complexity index is 902. The average molecular weight is 370 g/mol. The van der Waals surface area contributed by atoms with Crippen molar-refractivity contribution in [1.82, 2.24) is 0 Å². The molecule has 0 amide bonds. The predicted octanol–water partition coefficient (Wildman–Crippen LogP) is 4.76. The summed E-state index contributed by atoms with van der Waals surface area (Å²) in [5, 5.41) is 6.18. The maximum atomic E-state index is 6.09. The molecule has 24 heavy (non-hydrogen) atoms. The smallest absolute Gasteiger partial charge is 0.0456 e. The summed E-state index contributed by atoms with van der Waals surface area (Å²) in [5.41, 5.74) is 20.1. The second-order valence-electron chi connectivity index (χ2n) is 5.87. The van der Waals surface area contributed by atoms with E-state index in [2.05, 4.69) is 37.9 Å². The van der Waals surface area contributed by atoms with Gasteiger partial charge in [-0.2, -0.15) is 0 Å². The molecule has 120 valence electrons. The number of hydrogen-bond donors (Lipinski definition) is 6. The van der Waals surface area contributed by atoms with Gasteiger partial charge in [0.05, 0.1) is 0 Å². The lowest BCUT2D eigenvalue weighted by Crippen LogP contribution is -1.94. The first kappa shape index (κ1) is 15.6. The van der Waals surface area contributed by atoms with E-state index in [9.17, 15) is 0 Å². The standard InChI is InChI=1S/C18H15N3S3/c19-13-1-7-10(4-16(13)22)8-2-15(21)18(24)6-12(8)9-3-14(20)17(23)5-11(7)9/h1-6,22-24H,19-21H2. The Morgan fingerprint density at radius 2 is 0.625 bits per heavy atom. The van der Waals surface area contributed by atoms with E-state index in [-0.39, 0.29) is 0 Å². The van der Waals surface area contributed by atoms with Gasteiger partial charge in [0.15, 0.2) is 0 Å². The largest absolute Gasteiger partial charge is 0.398 e. The van der Waals surface area contributed by atoms with Crippen molar-refractivity contribution in [3.63, 3.8) is 0 Å². The highest BCUT2D eigenvalue weighted by Crippen LogP contribution is 2.41. The van der Waals surface area contributed by atoms with Crippen LogP contribution in [0.1, 0.15) is 0 Å². The molecule has 0 saturated heterocycles. The third kappa shape index (κ3) is 2.17. The highest BCUT2D eigenvalue weighted by atomic mass is 32.1. The number of hydrogen-bond acceptors (Lipinski definition) is 6. The van der Waals surface area contributed by atoms with Gasteiger partial charge in [-0.15, -0.1) is 37.9 Å². The molecule has 0 spiro atoms. The molecule has 0 aromatic heterocycles. The van der Waals surface area contributed by atoms with Crippen LogP contribution in [0, 0.1) is 0 Å². The molecular weight excluding hydrogens is 354 g/mol. The monoisotopic (exact) mass is 369 g/mol. The van der Waals surface area contributed by atoms with Gasteiger partial charge >= 0.3 is 0 Å². The molecule has 0 aliphatic carbocycles. The molecule has 0 heterocycles. The minimum Gasteiger partial charge on any atom is -0.398 e. The van der Waals surface area contributed by atoms with Crippen LogP contribution in [0.2, 0.25) is 0 Å². The predicted molar refractivity (Wildman–Crippen MR) is 114 cm³/mol. The molecule has 4 aromatic carbocycles. The first-order valence-electron chi connectivity index (χ1n) is 7.25. The second-order valence-corrected chi connectivity index (χ2v) is 7.32. The fourth-order valence-electron chi connectivity index (χ4n) is 3.15. The van der Waals surface area contributed by atoms with Crippen molar-refractivity contribution < 1.29 is 0 Å². The maximum absolute atomic E-state index is 6.09. The first-order valence-corrected chi connectivity index (χ1v) is 8.59. The van der Waals surface area contributed by atoms with Crippen molar-refractivity contribution in [2.45, 2.75) is 14.7 Å². The van der Waals surface area contributed by atoms with Crippen molar-refractivity contribution in [2.24, 2.45) is 0 Å². The van der Waals surface area contributed by atoms with Gasteiger partial charge in [-0.25, -0.2) is 0 Å². The topological polar surface area (TPSA) is 78.1 Å². The Morgan fingerprint density at radius 1 is 0.417 bits per heavy atom. The third-order valence-electron chi connectivity index (χ3n) is 4.37. The van der Waals surface area contributed by atoms with Crippen molar-refractivity contribution in [1.29, 1.82) is 0 Å². The fourth-order valence-corrected chi connectivity index (χ4v) is 3.73. The minimum absolute atomic E-state index is 0.628. The van der Waals surface area contributed by atoms with Crippen LogP contribution in [0.4, 0.5) is 17.1 Å². The molecule has 6 N–H and O–H groups in total. The Hall–Kier alpha value is -1.89. The summed E-state index contributed by atoms with van der Waals surface area (Å²) >= 11 is 13.4. The van der Waals surface area contributed by atoms with Crippen LogP contribution in [-0.2, 0) is 0 Å². The van der Waals surface area contributed by atoms with Crippen LogP contribution in [0.15, 0.2) is 51.1 Å². The highest BCUT2D eigenvalue weighted by Gasteiger charge is 2.13. The summed E-state index contributed by atoms with van der Waals surface area (Å²) in [6.07, 6.45) is 0. The van der Waals surface area contributed by atoms with E-state index in [1.54, 1.807) is 0 Å². The van der Waals surface area contributed by atoms with Crippen LogP contribution in [0.25, 0.3) is 32.3 Å². The van der Waals surface area contributed by atoms with Gasteiger partial charge in [0, 0.05) is 31.7 Å². The van der Waals surface area contributed by atoms with E-state index in [1.807, 2.05) is 36.4 Å². The summed E-state index contributed by atoms with van der Waals surface area (Å²) in [5.74, 6) is 0. The third-order valence-corrected chi connectivity index (χ3v) is 5.53. The Balaban J connectivity index is 2.40. The van der Waals surface area contributed by atoms with E-state index < -0.39 is 0 Å². The molecule has 0 aliphatic rings. The zero-order valence-electron chi connectivity index (χ0n) is 12.5. The first-order chi connectivity index (χ1) is 11.4. The van der Waals surface area contributed by atoms with E-state index in [0.717, 1.165) is 47.0 Å². The van der Waals surface area contributed by atoms with Crippen molar-refractivity contribution in [2.75, 3.05) is 17.2 Å². The van der Waals surface area contributed by atoms with Crippen molar-refractivity contribution in [3.05, 3.63) is 36.4 Å². The number of thiol groups is 3. The summed E-state index contributed by atoms with van der Waals surface area (Å²) < 4.78 is 0. The lowest BCUT2D eigenvalue weighted by atomic mass is 9.93. The average Bonchev–Trinajstić information content (AvgIpc) is 2.53. The molecule has 0 fully saturated rings. The van der Waals surface area contributed by atoms with Crippen molar-refractivity contribution in [3.8, 4) is 0 Å². The Labute approximate surface area is 155 Å². The number of anilines is 3. The van der Waals surface area contributed by atoms with Gasteiger partial charge < -0.3 is 17.2 Å². The minimum atomic E-state index is 0.628. The number of nitrogen functional groups attached to an aromatic ring is 3. The Kier molecular flexibility index (Phi) is 3.46. The van der Waals surface area contributed by atoms with Gasteiger partial charge in [-0.05, 0) is 68.7 Å². The van der Waals surface area contributed by atoms with Gasteiger partial charge in [-0.3, -0.25) is 0 Å². The number of nitrogens with two attached hydrogens (primary N) is 3. The van der Waals surface area contributed by atoms with E-state index in [0.29, 0.717) is 17.1 Å². The summed E-state index contributed by atoms with van der Waals surface area (Å²) in [6, 6.07) is 11.7. The molecule has 0 radical (unpaired) electrons. The molecular formula is C18H15N3S3. The van der Waals surface area contributed by atoms with Crippen LogP contribution in [0.3, 0.4) is 0 Å². The van der Waals surface area contributed by atoms with Gasteiger partial charge in [0.25, 0.3) is 0 Å². The molecule has 0 atom stereocenters. The molecule has 0 unspecified atom stereocenters. The molecule has 6 heteroatoms. The van der Waals surface area contributed by atoms with E-state index in [4.69, 9.17) is 17.2 Å². The normalized spacial score (nSPS) is 11.6. The molecule has 3 nitrogen and oxygen atoms in total. The maximum Gasteiger partial charge on any atom is 0.0456 e. The van der Waals surface area contributed by atoms with Crippen molar-refractivity contribution >= 4 is 87.3 Å². The van der Waals surface area contributed by atoms with Gasteiger partial charge in [-0.1, -0.05) is 0 Å². The van der Waals surface area contributed by atoms with Crippen LogP contribution < -0.4 is 17.2 Å². The molecule has 0 bridgehead atoms. The van der Waals surface area contributed by atoms with E-state index >= 15 is 0 Å². The quantitative estimate of drug-likeness (QED) is 0.154. The second kappa shape index (κ2) is 5.31. The lowest BCUT2D eigenvalue weighted by Gasteiger charge is -2.15. The fraction of sp³-hybridized carbons (Fsp3) is 0. The molecule has 4 aromatic rings. The van der Waals surface area contributed by atoms with E-state index in [1.165, 1.54) is 0 Å². The summed E-state index contributed by atoms with van der Waals surface area (Å²) in [4.78, 5) is 2.20. The van der Waals surface area contributed by atoms with Gasteiger partial charge in [0.1, 0.15) is 0 Å². The zero-order chi connectivity index (χ0) is 17.2. The van der Waals surface area contributed by atoms with Gasteiger partial charge in [0.2, 0.25) is 0 Å². The molecule has 0 aliphatic heterocycles. The summed E-state index contributed by atoms with van der Waals surface area (Å²) in [6.45, 7) is 0. The summed E-state index contributed by atoms with van der Waals surface area (Å²) in [7, 11) is 0. The highest BCUT2D eigenvalue weighted by molar-refractivity contribution is 7.80. The lowest BCUT2D eigenvalue weighted by molar-refractivity contribution is 1.50. The Morgan fingerprint density at radius 3 is 0.875 bits per heavy atom. The molecule has 4 rings (SSSR count). The number of benzene rings is 4. The number of rotatable bonds is 0.